The number of carbonyl (C=O) groups is 2. The van der Waals surface area contributed by atoms with E-state index in [0.717, 1.165) is 25.9 Å². The van der Waals surface area contributed by atoms with Crippen LogP contribution >= 0.6 is 11.6 Å². The third-order valence-electron chi connectivity index (χ3n) is 3.45. The maximum atomic E-state index is 12.1. The summed E-state index contributed by atoms with van der Waals surface area (Å²) in [4.78, 5) is 27.7. The van der Waals surface area contributed by atoms with Gasteiger partial charge < -0.3 is 4.90 Å². The summed E-state index contributed by atoms with van der Waals surface area (Å²) in [6.45, 7) is 2.15. The van der Waals surface area contributed by atoms with E-state index in [9.17, 15) is 9.59 Å². The summed E-state index contributed by atoms with van der Waals surface area (Å²) in [5, 5.41) is 0.455. The standard InChI is InChI=1S/C15H19ClN2O2/c1-17(11-15(20)18-8-4-5-9-18)10-14(19)12-6-2-3-7-13(12)16/h2-3,6-7H,4-5,8-11H2,1H3. The van der Waals surface area contributed by atoms with Gasteiger partial charge in [-0.2, -0.15) is 0 Å². The molecule has 0 saturated carbocycles. The van der Waals surface area contributed by atoms with Gasteiger partial charge in [-0.05, 0) is 32.0 Å². The van der Waals surface area contributed by atoms with Crippen LogP contribution in [0.3, 0.4) is 0 Å². The highest BCUT2D eigenvalue weighted by atomic mass is 35.5. The summed E-state index contributed by atoms with van der Waals surface area (Å²) < 4.78 is 0. The molecule has 0 aromatic heterocycles. The van der Waals surface area contributed by atoms with Crippen molar-refractivity contribution in [1.29, 1.82) is 0 Å². The Labute approximate surface area is 124 Å². The van der Waals surface area contributed by atoms with Crippen LogP contribution in [0.5, 0.6) is 0 Å². The minimum Gasteiger partial charge on any atom is -0.342 e. The van der Waals surface area contributed by atoms with Gasteiger partial charge >= 0.3 is 0 Å². The molecular formula is C15H19ClN2O2. The zero-order chi connectivity index (χ0) is 14.5. The first-order chi connectivity index (χ1) is 9.58. The van der Waals surface area contributed by atoms with Crippen molar-refractivity contribution < 1.29 is 9.59 Å². The number of ketones is 1. The van der Waals surface area contributed by atoms with Gasteiger partial charge in [-0.1, -0.05) is 23.7 Å². The van der Waals surface area contributed by atoms with Crippen LogP contribution in [-0.4, -0.2) is 54.7 Å². The minimum atomic E-state index is -0.0627. The van der Waals surface area contributed by atoms with E-state index in [1.54, 1.807) is 36.2 Å². The van der Waals surface area contributed by atoms with E-state index in [2.05, 4.69) is 0 Å². The number of amides is 1. The Morgan fingerprint density at radius 2 is 1.85 bits per heavy atom. The van der Waals surface area contributed by atoms with E-state index >= 15 is 0 Å². The van der Waals surface area contributed by atoms with Crippen LogP contribution in [0.4, 0.5) is 0 Å². The van der Waals surface area contributed by atoms with Crippen molar-refractivity contribution >= 4 is 23.3 Å². The van der Waals surface area contributed by atoms with Gasteiger partial charge in [0.25, 0.3) is 0 Å². The van der Waals surface area contributed by atoms with Crippen LogP contribution < -0.4 is 0 Å². The molecule has 0 N–H and O–H groups in total. The first-order valence-corrected chi connectivity index (χ1v) is 7.20. The van der Waals surface area contributed by atoms with Gasteiger partial charge in [0, 0.05) is 18.7 Å². The van der Waals surface area contributed by atoms with Gasteiger partial charge in [-0.15, -0.1) is 0 Å². The zero-order valence-corrected chi connectivity index (χ0v) is 12.4. The molecule has 1 amide bonds. The highest BCUT2D eigenvalue weighted by Crippen LogP contribution is 2.15. The second kappa shape index (κ2) is 6.86. The number of benzene rings is 1. The first-order valence-electron chi connectivity index (χ1n) is 6.82. The Kier molecular flexibility index (Phi) is 5.15. The fraction of sp³-hybridized carbons (Fsp3) is 0.467. The Bertz CT molecular complexity index is 498. The second-order valence-electron chi connectivity index (χ2n) is 5.16. The van der Waals surface area contributed by atoms with E-state index in [4.69, 9.17) is 11.6 Å². The van der Waals surface area contributed by atoms with Gasteiger partial charge in [0.15, 0.2) is 5.78 Å². The summed E-state index contributed by atoms with van der Waals surface area (Å²) in [6.07, 6.45) is 2.15. The van der Waals surface area contributed by atoms with Gasteiger partial charge in [0.2, 0.25) is 5.91 Å². The number of nitrogens with zero attached hydrogens (tertiary/aromatic N) is 2. The molecule has 20 heavy (non-hydrogen) atoms. The lowest BCUT2D eigenvalue weighted by Gasteiger charge is -2.20. The Hall–Kier alpha value is -1.39. The quantitative estimate of drug-likeness (QED) is 0.781. The average molecular weight is 295 g/mol. The van der Waals surface area contributed by atoms with Crippen molar-refractivity contribution in [3.63, 3.8) is 0 Å². The minimum absolute atomic E-state index is 0.0627. The molecule has 1 heterocycles. The zero-order valence-electron chi connectivity index (χ0n) is 11.6. The topological polar surface area (TPSA) is 40.6 Å². The van der Waals surface area contributed by atoms with Crippen molar-refractivity contribution in [3.8, 4) is 0 Å². The monoisotopic (exact) mass is 294 g/mol. The highest BCUT2D eigenvalue weighted by molar-refractivity contribution is 6.34. The van der Waals surface area contributed by atoms with Crippen LogP contribution in [0.25, 0.3) is 0 Å². The fourth-order valence-electron chi connectivity index (χ4n) is 2.37. The summed E-state index contributed by atoms with van der Waals surface area (Å²) in [5.74, 6) is 0.0317. The van der Waals surface area contributed by atoms with Crippen molar-refractivity contribution in [2.45, 2.75) is 12.8 Å². The summed E-state index contributed by atoms with van der Waals surface area (Å²) >= 11 is 6.00. The molecule has 0 atom stereocenters. The maximum Gasteiger partial charge on any atom is 0.236 e. The van der Waals surface area contributed by atoms with E-state index in [-0.39, 0.29) is 24.8 Å². The summed E-state index contributed by atoms with van der Waals surface area (Å²) in [5.41, 5.74) is 0.509. The number of Topliss-reactive ketones (excluding diaryl/α,β-unsaturated/α-hetero) is 1. The second-order valence-corrected chi connectivity index (χ2v) is 5.57. The van der Waals surface area contributed by atoms with Gasteiger partial charge in [0.05, 0.1) is 18.1 Å². The third-order valence-corrected chi connectivity index (χ3v) is 3.78. The highest BCUT2D eigenvalue weighted by Gasteiger charge is 2.20. The molecule has 1 fully saturated rings. The van der Waals surface area contributed by atoms with Crippen molar-refractivity contribution in [2.24, 2.45) is 0 Å². The molecule has 5 heteroatoms. The number of rotatable bonds is 5. The molecule has 2 rings (SSSR count). The molecule has 0 spiro atoms. The molecule has 0 unspecified atom stereocenters. The Morgan fingerprint density at radius 3 is 2.50 bits per heavy atom. The summed E-state index contributed by atoms with van der Waals surface area (Å²) in [7, 11) is 1.78. The van der Waals surface area contributed by atoms with Crippen molar-refractivity contribution in [3.05, 3.63) is 34.9 Å². The van der Waals surface area contributed by atoms with Crippen molar-refractivity contribution in [2.75, 3.05) is 33.2 Å². The predicted octanol–water partition coefficient (Wildman–Crippen LogP) is 2.08. The fourth-order valence-corrected chi connectivity index (χ4v) is 2.61. The molecule has 1 aromatic rings. The molecule has 0 bridgehead atoms. The summed E-state index contributed by atoms with van der Waals surface area (Å²) in [6, 6.07) is 6.99. The van der Waals surface area contributed by atoms with Crippen LogP contribution in [0.1, 0.15) is 23.2 Å². The molecule has 1 aliphatic rings. The van der Waals surface area contributed by atoms with Crippen molar-refractivity contribution in [1.82, 2.24) is 9.80 Å². The predicted molar refractivity (Wildman–Crippen MR) is 79.1 cm³/mol. The largest absolute Gasteiger partial charge is 0.342 e. The molecule has 0 aliphatic carbocycles. The van der Waals surface area contributed by atoms with Crippen LogP contribution in [0.2, 0.25) is 5.02 Å². The van der Waals surface area contributed by atoms with Gasteiger partial charge in [-0.25, -0.2) is 0 Å². The average Bonchev–Trinajstić information content (AvgIpc) is 2.92. The third kappa shape index (κ3) is 3.81. The normalized spacial score (nSPS) is 14.8. The lowest BCUT2D eigenvalue weighted by Crippen LogP contribution is -2.39. The molecule has 1 aromatic carbocycles. The van der Waals surface area contributed by atoms with Gasteiger partial charge in [0.1, 0.15) is 0 Å². The Morgan fingerprint density at radius 1 is 1.20 bits per heavy atom. The van der Waals surface area contributed by atoms with E-state index in [0.29, 0.717) is 10.6 Å². The van der Waals surface area contributed by atoms with Crippen LogP contribution in [-0.2, 0) is 4.79 Å². The smallest absolute Gasteiger partial charge is 0.236 e. The Balaban J connectivity index is 1.88. The number of likely N-dealkylation sites (tertiary alicyclic amines) is 1. The lowest BCUT2D eigenvalue weighted by atomic mass is 10.1. The van der Waals surface area contributed by atoms with E-state index in [1.165, 1.54) is 0 Å². The molecule has 1 saturated heterocycles. The number of carbonyl (C=O) groups excluding carboxylic acids is 2. The number of hydrogen-bond acceptors (Lipinski definition) is 3. The maximum absolute atomic E-state index is 12.1. The SMILES string of the molecule is CN(CC(=O)c1ccccc1Cl)CC(=O)N1CCCC1. The lowest BCUT2D eigenvalue weighted by molar-refractivity contribution is -0.130. The first kappa shape index (κ1) is 15.0. The van der Waals surface area contributed by atoms with Crippen LogP contribution in [0.15, 0.2) is 24.3 Å². The van der Waals surface area contributed by atoms with Gasteiger partial charge in [-0.3, -0.25) is 14.5 Å². The van der Waals surface area contributed by atoms with Crippen LogP contribution in [0, 0.1) is 0 Å². The molecule has 108 valence electrons. The molecular weight excluding hydrogens is 276 g/mol. The molecule has 0 radical (unpaired) electrons. The number of likely N-dealkylation sites (N-methyl/N-ethyl adjacent to an activating group) is 1. The number of halogens is 1. The van der Waals surface area contributed by atoms with E-state index in [1.807, 2.05) is 4.90 Å². The molecule has 1 aliphatic heterocycles. The molecule has 4 nitrogen and oxygen atoms in total. The number of hydrogen-bond donors (Lipinski definition) is 0. The van der Waals surface area contributed by atoms with E-state index < -0.39 is 0 Å².